The minimum absolute atomic E-state index is 0.0619. The summed E-state index contributed by atoms with van der Waals surface area (Å²) in [6.45, 7) is 4.68. The lowest BCUT2D eigenvalue weighted by Crippen LogP contribution is -2.23. The summed E-state index contributed by atoms with van der Waals surface area (Å²) in [5.74, 6) is -0.487. The average molecular weight is 387 g/mol. The Morgan fingerprint density at radius 3 is 2.20 bits per heavy atom. The number of hydrogen-bond acceptors (Lipinski definition) is 1. The molecule has 0 spiro atoms. The zero-order chi connectivity index (χ0) is 14.7. The van der Waals surface area contributed by atoms with Crippen molar-refractivity contribution in [2.45, 2.75) is 19.9 Å². The Balaban J connectivity index is 2.50. The number of nitrogens with one attached hydrogen (secondary N) is 1. The van der Waals surface area contributed by atoms with Crippen LogP contribution in [-0.4, -0.2) is 6.54 Å². The first kappa shape index (κ1) is 15.4. The van der Waals surface area contributed by atoms with Crippen LogP contribution in [0, 0.1) is 22.1 Å². The van der Waals surface area contributed by atoms with Crippen molar-refractivity contribution < 1.29 is 8.78 Å². The molecule has 0 heterocycles. The predicted molar refractivity (Wildman–Crippen MR) is 85.8 cm³/mol. The molecule has 0 aromatic heterocycles. The van der Waals surface area contributed by atoms with E-state index in [2.05, 4.69) is 27.9 Å². The van der Waals surface area contributed by atoms with Crippen LogP contribution in [0.4, 0.5) is 8.78 Å². The average Bonchev–Trinajstić information content (AvgIpc) is 2.37. The summed E-state index contributed by atoms with van der Waals surface area (Å²) in [6, 6.07) is 9.47. The van der Waals surface area contributed by atoms with Gasteiger partial charge in [-0.05, 0) is 77.0 Å². The molecule has 1 unspecified atom stereocenters. The molecule has 0 fully saturated rings. The largest absolute Gasteiger partial charge is 0.306 e. The highest BCUT2D eigenvalue weighted by Gasteiger charge is 2.18. The van der Waals surface area contributed by atoms with Crippen molar-refractivity contribution in [2.24, 2.45) is 0 Å². The fourth-order valence-corrected chi connectivity index (χ4v) is 3.08. The maximum absolute atomic E-state index is 13.3. The molecule has 0 saturated carbocycles. The van der Waals surface area contributed by atoms with E-state index in [9.17, 15) is 8.78 Å². The number of benzene rings is 2. The molecule has 2 aromatic rings. The van der Waals surface area contributed by atoms with Crippen molar-refractivity contribution in [1.82, 2.24) is 5.32 Å². The standard InChI is InChI=1S/C16H16F2IN/c1-3-20-16(13-6-4-11(17)8-10(13)2)14-7-5-12(18)9-15(14)19/h4-9,16,20H,3H2,1-2H3. The monoisotopic (exact) mass is 387 g/mol. The fraction of sp³-hybridized carbons (Fsp3) is 0.250. The fourth-order valence-electron chi connectivity index (χ4n) is 2.29. The summed E-state index contributed by atoms with van der Waals surface area (Å²) in [5, 5.41) is 3.39. The number of hydrogen-bond donors (Lipinski definition) is 1. The third-order valence-corrected chi connectivity index (χ3v) is 4.16. The van der Waals surface area contributed by atoms with Crippen LogP contribution in [0.25, 0.3) is 0 Å². The molecule has 4 heteroatoms. The Kier molecular flexibility index (Phi) is 5.10. The topological polar surface area (TPSA) is 12.0 Å². The second kappa shape index (κ2) is 6.63. The molecule has 0 saturated heterocycles. The first-order chi connectivity index (χ1) is 9.52. The maximum atomic E-state index is 13.3. The van der Waals surface area contributed by atoms with Gasteiger partial charge in [0.15, 0.2) is 0 Å². The Morgan fingerprint density at radius 2 is 1.65 bits per heavy atom. The van der Waals surface area contributed by atoms with Crippen LogP contribution in [-0.2, 0) is 0 Å². The van der Waals surface area contributed by atoms with Crippen molar-refractivity contribution in [3.63, 3.8) is 0 Å². The highest BCUT2D eigenvalue weighted by Crippen LogP contribution is 2.29. The molecule has 2 aromatic carbocycles. The van der Waals surface area contributed by atoms with Crippen molar-refractivity contribution in [1.29, 1.82) is 0 Å². The van der Waals surface area contributed by atoms with Gasteiger partial charge in [0.25, 0.3) is 0 Å². The van der Waals surface area contributed by atoms with Gasteiger partial charge in [0.05, 0.1) is 6.04 Å². The highest BCUT2D eigenvalue weighted by atomic mass is 127. The lowest BCUT2D eigenvalue weighted by atomic mass is 9.95. The van der Waals surface area contributed by atoms with Crippen molar-refractivity contribution in [2.75, 3.05) is 6.54 Å². The molecule has 106 valence electrons. The van der Waals surface area contributed by atoms with Gasteiger partial charge in [0.1, 0.15) is 11.6 Å². The molecule has 0 aliphatic heterocycles. The summed E-state index contributed by atoms with van der Waals surface area (Å²) in [5.41, 5.74) is 2.90. The highest BCUT2D eigenvalue weighted by molar-refractivity contribution is 14.1. The van der Waals surface area contributed by atoms with Crippen LogP contribution in [0.3, 0.4) is 0 Å². The van der Waals surface area contributed by atoms with E-state index < -0.39 is 0 Å². The van der Waals surface area contributed by atoms with E-state index in [1.807, 2.05) is 13.8 Å². The van der Waals surface area contributed by atoms with E-state index >= 15 is 0 Å². The van der Waals surface area contributed by atoms with Crippen LogP contribution in [0.1, 0.15) is 29.7 Å². The van der Waals surface area contributed by atoms with E-state index in [0.717, 1.165) is 26.8 Å². The molecule has 0 radical (unpaired) electrons. The lowest BCUT2D eigenvalue weighted by molar-refractivity contribution is 0.602. The molecule has 2 rings (SSSR count). The third kappa shape index (κ3) is 3.35. The van der Waals surface area contributed by atoms with Gasteiger partial charge in [0.2, 0.25) is 0 Å². The van der Waals surface area contributed by atoms with Crippen molar-refractivity contribution >= 4 is 22.6 Å². The minimum Gasteiger partial charge on any atom is -0.306 e. The van der Waals surface area contributed by atoms with E-state index in [1.165, 1.54) is 24.3 Å². The summed E-state index contributed by atoms with van der Waals surface area (Å²) in [7, 11) is 0. The van der Waals surface area contributed by atoms with Crippen LogP contribution < -0.4 is 5.32 Å². The summed E-state index contributed by atoms with van der Waals surface area (Å²) in [6.07, 6.45) is 0. The Morgan fingerprint density at radius 1 is 1.05 bits per heavy atom. The van der Waals surface area contributed by atoms with E-state index in [4.69, 9.17) is 0 Å². The van der Waals surface area contributed by atoms with Crippen LogP contribution in [0.2, 0.25) is 0 Å². The van der Waals surface area contributed by atoms with Crippen LogP contribution in [0.5, 0.6) is 0 Å². The second-order valence-corrected chi connectivity index (χ2v) is 5.82. The maximum Gasteiger partial charge on any atom is 0.124 e. The Labute approximate surface area is 131 Å². The van der Waals surface area contributed by atoms with Gasteiger partial charge in [-0.3, -0.25) is 0 Å². The van der Waals surface area contributed by atoms with E-state index in [1.54, 1.807) is 12.1 Å². The molecular weight excluding hydrogens is 371 g/mol. The molecule has 1 nitrogen and oxygen atoms in total. The van der Waals surface area contributed by atoms with Gasteiger partial charge >= 0.3 is 0 Å². The minimum atomic E-state index is -0.246. The molecule has 0 bridgehead atoms. The molecule has 1 atom stereocenters. The number of aryl methyl sites for hydroxylation is 1. The quantitative estimate of drug-likeness (QED) is 0.758. The lowest BCUT2D eigenvalue weighted by Gasteiger charge is -2.22. The van der Waals surface area contributed by atoms with Crippen LogP contribution in [0.15, 0.2) is 36.4 Å². The molecule has 0 aliphatic carbocycles. The number of halogens is 3. The van der Waals surface area contributed by atoms with Crippen molar-refractivity contribution in [3.05, 3.63) is 68.3 Å². The normalized spacial score (nSPS) is 12.4. The van der Waals surface area contributed by atoms with Gasteiger partial charge in [0, 0.05) is 3.57 Å². The molecule has 0 aliphatic rings. The van der Waals surface area contributed by atoms with Gasteiger partial charge < -0.3 is 5.32 Å². The molecule has 0 amide bonds. The third-order valence-electron chi connectivity index (χ3n) is 3.22. The molecule has 20 heavy (non-hydrogen) atoms. The zero-order valence-corrected chi connectivity index (χ0v) is 13.5. The first-order valence-electron chi connectivity index (χ1n) is 6.47. The predicted octanol–water partition coefficient (Wildman–Crippen LogP) is 4.58. The van der Waals surface area contributed by atoms with Gasteiger partial charge in [-0.2, -0.15) is 0 Å². The SMILES string of the molecule is CCNC(c1ccc(F)cc1C)c1ccc(F)cc1I. The van der Waals surface area contributed by atoms with E-state index in [0.29, 0.717) is 0 Å². The summed E-state index contributed by atoms with van der Waals surface area (Å²) >= 11 is 2.13. The second-order valence-electron chi connectivity index (χ2n) is 4.66. The smallest absolute Gasteiger partial charge is 0.124 e. The summed E-state index contributed by atoms with van der Waals surface area (Å²) < 4.78 is 27.4. The Hall–Kier alpha value is -1.01. The van der Waals surface area contributed by atoms with Crippen LogP contribution >= 0.6 is 22.6 Å². The number of rotatable bonds is 4. The summed E-state index contributed by atoms with van der Waals surface area (Å²) in [4.78, 5) is 0. The van der Waals surface area contributed by atoms with Crippen molar-refractivity contribution in [3.8, 4) is 0 Å². The Bertz CT molecular complexity index is 562. The van der Waals surface area contributed by atoms with E-state index in [-0.39, 0.29) is 17.7 Å². The first-order valence-corrected chi connectivity index (χ1v) is 7.55. The van der Waals surface area contributed by atoms with Gasteiger partial charge in [-0.15, -0.1) is 0 Å². The molecule has 1 N–H and O–H groups in total. The van der Waals surface area contributed by atoms with Gasteiger partial charge in [-0.25, -0.2) is 8.78 Å². The zero-order valence-electron chi connectivity index (χ0n) is 11.4. The molecular formula is C16H16F2IN. The van der Waals surface area contributed by atoms with Gasteiger partial charge in [-0.1, -0.05) is 19.1 Å².